The van der Waals surface area contributed by atoms with Gasteiger partial charge in [-0.1, -0.05) is 23.7 Å². The van der Waals surface area contributed by atoms with Gasteiger partial charge in [0.2, 0.25) is 5.88 Å². The Morgan fingerprint density at radius 3 is 2.81 bits per heavy atom. The molecular formula is C25H26ClFN6O3. The average molecular weight is 513 g/mol. The number of halogens is 2. The third-order valence-electron chi connectivity index (χ3n) is 6.01. The third kappa shape index (κ3) is 5.84. The second-order valence-corrected chi connectivity index (χ2v) is 8.99. The summed E-state index contributed by atoms with van der Waals surface area (Å²) < 4.78 is 25.1. The molecule has 0 bridgehead atoms. The van der Waals surface area contributed by atoms with Crippen molar-refractivity contribution < 1.29 is 19.0 Å². The molecule has 4 aromatic rings. The van der Waals surface area contributed by atoms with Crippen LogP contribution in [0.3, 0.4) is 0 Å². The predicted octanol–water partition coefficient (Wildman–Crippen LogP) is 4.30. The summed E-state index contributed by atoms with van der Waals surface area (Å²) in [5, 5.41) is 21.1. The van der Waals surface area contributed by atoms with Gasteiger partial charge in [0, 0.05) is 25.3 Å². The Hall–Kier alpha value is -3.47. The fourth-order valence-corrected chi connectivity index (χ4v) is 4.30. The normalized spacial score (nSPS) is 14.8. The van der Waals surface area contributed by atoms with E-state index >= 15 is 0 Å². The third-order valence-corrected chi connectivity index (χ3v) is 6.30. The van der Waals surface area contributed by atoms with Crippen LogP contribution in [0, 0.1) is 5.82 Å². The van der Waals surface area contributed by atoms with Crippen LogP contribution in [0.1, 0.15) is 18.4 Å². The summed E-state index contributed by atoms with van der Waals surface area (Å²) in [5.41, 5.74) is 1.95. The SMILES string of the molecule is OC1CCN(CCOc2n[nH]c3ncnc(Nc4ccc(OCc5cccc(F)c5)c(Cl)c4)c23)CC1. The van der Waals surface area contributed by atoms with Crippen LogP contribution in [0.5, 0.6) is 11.6 Å². The standard InChI is InChI=1S/C25H26ClFN6O3/c26-20-13-18(4-5-21(20)36-14-16-2-1-3-17(27)12-16)30-23-22-24(29-15-28-23)31-32-25(22)35-11-10-33-8-6-19(34)7-9-33/h1-5,12-13,15,19,34H,6-11,14H2,(H2,28,29,30,31,32). The van der Waals surface area contributed by atoms with Crippen LogP contribution in [0.15, 0.2) is 48.8 Å². The molecule has 3 heterocycles. The second-order valence-electron chi connectivity index (χ2n) is 8.58. The fraction of sp³-hybridized carbons (Fsp3) is 0.320. The number of benzene rings is 2. The monoisotopic (exact) mass is 512 g/mol. The summed E-state index contributed by atoms with van der Waals surface area (Å²) in [4.78, 5) is 10.9. The minimum absolute atomic E-state index is 0.199. The van der Waals surface area contributed by atoms with Crippen molar-refractivity contribution in [3.8, 4) is 11.6 Å². The number of ether oxygens (including phenoxy) is 2. The van der Waals surface area contributed by atoms with Crippen molar-refractivity contribution in [2.24, 2.45) is 0 Å². The van der Waals surface area contributed by atoms with Crippen molar-refractivity contribution in [3.05, 3.63) is 65.2 Å². The zero-order chi connectivity index (χ0) is 24.9. The van der Waals surface area contributed by atoms with Gasteiger partial charge in [-0.2, -0.15) is 0 Å². The van der Waals surface area contributed by atoms with Crippen LogP contribution >= 0.6 is 11.6 Å². The van der Waals surface area contributed by atoms with E-state index < -0.39 is 0 Å². The first kappa shape index (κ1) is 24.2. The minimum Gasteiger partial charge on any atom is -0.487 e. The topological polar surface area (TPSA) is 108 Å². The molecule has 1 fully saturated rings. The summed E-state index contributed by atoms with van der Waals surface area (Å²) in [6, 6.07) is 11.5. The summed E-state index contributed by atoms with van der Waals surface area (Å²) in [7, 11) is 0. The van der Waals surface area contributed by atoms with Crippen LogP contribution in [0.25, 0.3) is 11.0 Å². The number of anilines is 2. The van der Waals surface area contributed by atoms with Crippen LogP contribution in [-0.4, -0.2) is 62.5 Å². The quantitative estimate of drug-likeness (QED) is 0.304. The van der Waals surface area contributed by atoms with Crippen molar-refractivity contribution in [2.45, 2.75) is 25.6 Å². The number of nitrogens with zero attached hydrogens (tertiary/aromatic N) is 4. The molecule has 11 heteroatoms. The Morgan fingerprint density at radius 1 is 1.14 bits per heavy atom. The van der Waals surface area contributed by atoms with Gasteiger partial charge in [-0.15, -0.1) is 5.10 Å². The molecule has 0 saturated carbocycles. The first-order chi connectivity index (χ1) is 17.5. The number of likely N-dealkylation sites (tertiary alicyclic amines) is 1. The van der Waals surface area contributed by atoms with Crippen LogP contribution in [0.2, 0.25) is 5.02 Å². The maximum atomic E-state index is 13.4. The molecule has 2 aromatic heterocycles. The van der Waals surface area contributed by atoms with Gasteiger partial charge in [-0.05, 0) is 48.7 Å². The first-order valence-corrected chi connectivity index (χ1v) is 12.1. The van der Waals surface area contributed by atoms with Crippen LogP contribution < -0.4 is 14.8 Å². The Bertz CT molecular complexity index is 1330. The number of aromatic nitrogens is 4. The lowest BCUT2D eigenvalue weighted by Gasteiger charge is -2.29. The van der Waals surface area contributed by atoms with Crippen molar-refractivity contribution in [1.82, 2.24) is 25.1 Å². The number of hydrogen-bond acceptors (Lipinski definition) is 8. The number of piperidine rings is 1. The lowest BCUT2D eigenvalue weighted by Crippen LogP contribution is -2.38. The van der Waals surface area contributed by atoms with Crippen molar-refractivity contribution in [1.29, 1.82) is 0 Å². The number of aromatic amines is 1. The van der Waals surface area contributed by atoms with Gasteiger partial charge < -0.3 is 19.9 Å². The number of aliphatic hydroxyl groups excluding tert-OH is 1. The van der Waals surface area contributed by atoms with Gasteiger partial charge in [0.05, 0.1) is 11.1 Å². The Balaban J connectivity index is 1.24. The molecule has 0 radical (unpaired) electrons. The summed E-state index contributed by atoms with van der Waals surface area (Å²) in [5.74, 6) is 1.10. The highest BCUT2D eigenvalue weighted by Crippen LogP contribution is 2.33. The molecule has 188 valence electrons. The average Bonchev–Trinajstić information content (AvgIpc) is 3.29. The Morgan fingerprint density at radius 2 is 2.00 bits per heavy atom. The van der Waals surface area contributed by atoms with E-state index in [9.17, 15) is 9.50 Å². The van der Waals surface area contributed by atoms with Gasteiger partial charge in [-0.25, -0.2) is 14.4 Å². The Labute approximate surface area is 212 Å². The highest BCUT2D eigenvalue weighted by atomic mass is 35.5. The molecule has 3 N–H and O–H groups in total. The number of fused-ring (bicyclic) bond motifs is 1. The van der Waals surface area contributed by atoms with Gasteiger partial charge in [0.25, 0.3) is 0 Å². The van der Waals surface area contributed by atoms with Gasteiger partial charge in [0.15, 0.2) is 5.65 Å². The molecular weight excluding hydrogens is 487 g/mol. The minimum atomic E-state index is -0.313. The zero-order valence-corrected chi connectivity index (χ0v) is 20.2. The van der Waals surface area contributed by atoms with Crippen molar-refractivity contribution in [3.63, 3.8) is 0 Å². The van der Waals surface area contributed by atoms with Crippen molar-refractivity contribution in [2.75, 3.05) is 31.6 Å². The molecule has 0 aliphatic carbocycles. The van der Waals surface area contributed by atoms with E-state index in [-0.39, 0.29) is 18.5 Å². The maximum absolute atomic E-state index is 13.4. The van der Waals surface area contributed by atoms with E-state index in [1.807, 2.05) is 6.07 Å². The van der Waals surface area contributed by atoms with E-state index in [1.54, 1.807) is 24.3 Å². The highest BCUT2D eigenvalue weighted by Gasteiger charge is 2.18. The van der Waals surface area contributed by atoms with E-state index in [2.05, 4.69) is 30.4 Å². The first-order valence-electron chi connectivity index (χ1n) is 11.7. The zero-order valence-electron chi connectivity index (χ0n) is 19.5. The predicted molar refractivity (Wildman–Crippen MR) is 134 cm³/mol. The summed E-state index contributed by atoms with van der Waals surface area (Å²) in [6.45, 7) is 3.09. The molecule has 1 aliphatic heterocycles. The molecule has 0 unspecified atom stereocenters. The number of hydrogen-bond donors (Lipinski definition) is 3. The lowest BCUT2D eigenvalue weighted by atomic mass is 10.1. The highest BCUT2D eigenvalue weighted by molar-refractivity contribution is 6.32. The van der Waals surface area contributed by atoms with Crippen LogP contribution in [-0.2, 0) is 6.61 Å². The van der Waals surface area contributed by atoms with E-state index in [0.29, 0.717) is 51.4 Å². The van der Waals surface area contributed by atoms with Gasteiger partial charge in [-0.3, -0.25) is 10.00 Å². The molecule has 1 saturated heterocycles. The largest absolute Gasteiger partial charge is 0.487 e. The van der Waals surface area contributed by atoms with Gasteiger partial charge >= 0.3 is 0 Å². The molecule has 0 amide bonds. The molecule has 1 aliphatic rings. The van der Waals surface area contributed by atoms with E-state index in [0.717, 1.165) is 32.5 Å². The molecule has 36 heavy (non-hydrogen) atoms. The molecule has 2 aromatic carbocycles. The van der Waals surface area contributed by atoms with E-state index in [1.165, 1.54) is 18.5 Å². The summed E-state index contributed by atoms with van der Waals surface area (Å²) in [6.07, 6.45) is 2.80. The number of aliphatic hydroxyl groups is 1. The summed E-state index contributed by atoms with van der Waals surface area (Å²) >= 11 is 6.44. The molecule has 9 nitrogen and oxygen atoms in total. The van der Waals surface area contributed by atoms with Crippen molar-refractivity contribution >= 4 is 34.1 Å². The number of H-pyrrole nitrogens is 1. The smallest absolute Gasteiger partial charge is 0.246 e. The fourth-order valence-electron chi connectivity index (χ4n) is 4.07. The van der Waals surface area contributed by atoms with Gasteiger partial charge in [0.1, 0.15) is 42.3 Å². The van der Waals surface area contributed by atoms with E-state index in [4.69, 9.17) is 21.1 Å². The van der Waals surface area contributed by atoms with Crippen LogP contribution in [0.4, 0.5) is 15.9 Å². The Kier molecular flexibility index (Phi) is 7.45. The maximum Gasteiger partial charge on any atom is 0.246 e. The lowest BCUT2D eigenvalue weighted by molar-refractivity contribution is 0.0752. The molecule has 5 rings (SSSR count). The number of nitrogens with one attached hydrogen (secondary N) is 2. The number of rotatable bonds is 9. The molecule has 0 atom stereocenters. The second kappa shape index (κ2) is 11.1. The molecule has 0 spiro atoms.